The van der Waals surface area contributed by atoms with E-state index in [0.717, 1.165) is 16.7 Å². The molecule has 1 aromatic heterocycles. The van der Waals surface area contributed by atoms with E-state index in [4.69, 9.17) is 4.74 Å². The summed E-state index contributed by atoms with van der Waals surface area (Å²) in [6.45, 7) is 9.58. The van der Waals surface area contributed by atoms with Crippen molar-refractivity contribution in [2.24, 2.45) is 0 Å². The Balaban J connectivity index is 1.58. The van der Waals surface area contributed by atoms with Crippen molar-refractivity contribution in [1.29, 1.82) is 0 Å². The zero-order valence-electron chi connectivity index (χ0n) is 18.8. The standard InChI is InChI=1S/C24H31N3O4/c1-18-16-22(29)27(17-20(18)19-8-6-5-7-9-19)11-10-21(28)25-12-14-26(15-13-25)23(30)31-24(2,3)4/h5-9,16-17H,10-15H2,1-4H3. The zero-order valence-corrected chi connectivity index (χ0v) is 18.8. The molecule has 1 aromatic carbocycles. The molecule has 1 aliphatic rings. The molecule has 0 saturated carbocycles. The predicted molar refractivity (Wildman–Crippen MR) is 120 cm³/mol. The molecule has 2 aromatic rings. The minimum atomic E-state index is -0.538. The Morgan fingerprint density at radius 3 is 2.23 bits per heavy atom. The normalized spacial score (nSPS) is 14.5. The average Bonchev–Trinajstić information content (AvgIpc) is 2.72. The van der Waals surface area contributed by atoms with Crippen LogP contribution >= 0.6 is 0 Å². The number of amides is 2. The topological polar surface area (TPSA) is 71.9 Å². The number of benzene rings is 1. The van der Waals surface area contributed by atoms with Crippen LogP contribution in [0.3, 0.4) is 0 Å². The molecular formula is C24H31N3O4. The summed E-state index contributed by atoms with van der Waals surface area (Å²) in [7, 11) is 0. The van der Waals surface area contributed by atoms with Crippen molar-refractivity contribution in [1.82, 2.24) is 14.4 Å². The third-order valence-corrected chi connectivity index (χ3v) is 5.27. The van der Waals surface area contributed by atoms with Crippen molar-refractivity contribution in [2.45, 2.75) is 46.3 Å². The SMILES string of the molecule is Cc1cc(=O)n(CCC(=O)N2CCN(C(=O)OC(C)(C)C)CC2)cc1-c1ccccc1. The number of pyridine rings is 1. The van der Waals surface area contributed by atoms with Crippen LogP contribution in [0.25, 0.3) is 11.1 Å². The maximum Gasteiger partial charge on any atom is 0.410 e. The molecule has 0 spiro atoms. The molecule has 166 valence electrons. The Labute approximate surface area is 183 Å². The summed E-state index contributed by atoms with van der Waals surface area (Å²) < 4.78 is 7.00. The smallest absolute Gasteiger partial charge is 0.410 e. The summed E-state index contributed by atoms with van der Waals surface area (Å²) in [6, 6.07) is 11.5. The van der Waals surface area contributed by atoms with E-state index >= 15 is 0 Å². The van der Waals surface area contributed by atoms with Gasteiger partial charge in [0, 0.05) is 57.0 Å². The minimum Gasteiger partial charge on any atom is -0.444 e. The van der Waals surface area contributed by atoms with Crippen LogP contribution in [-0.2, 0) is 16.1 Å². The number of aryl methyl sites for hydroxylation is 2. The van der Waals surface area contributed by atoms with Crippen LogP contribution in [0.4, 0.5) is 4.79 Å². The largest absolute Gasteiger partial charge is 0.444 e. The quantitative estimate of drug-likeness (QED) is 0.754. The number of ether oxygens (including phenoxy) is 1. The molecular weight excluding hydrogens is 394 g/mol. The molecule has 31 heavy (non-hydrogen) atoms. The van der Waals surface area contributed by atoms with Crippen molar-refractivity contribution in [3.05, 3.63) is 58.5 Å². The Bertz CT molecular complexity index is 984. The van der Waals surface area contributed by atoms with Crippen LogP contribution in [-0.4, -0.2) is 58.1 Å². The summed E-state index contributed by atoms with van der Waals surface area (Å²) in [5.41, 5.74) is 2.29. The second-order valence-corrected chi connectivity index (χ2v) is 8.87. The zero-order chi connectivity index (χ0) is 22.6. The van der Waals surface area contributed by atoms with Gasteiger partial charge in [-0.05, 0) is 38.8 Å². The number of carbonyl (C=O) groups is 2. The summed E-state index contributed by atoms with van der Waals surface area (Å²) in [6.07, 6.45) is 1.73. The maximum atomic E-state index is 12.7. The highest BCUT2D eigenvalue weighted by Crippen LogP contribution is 2.21. The molecule has 0 atom stereocenters. The third-order valence-electron chi connectivity index (χ3n) is 5.27. The Morgan fingerprint density at radius 1 is 1.00 bits per heavy atom. The first-order valence-electron chi connectivity index (χ1n) is 10.7. The number of aromatic nitrogens is 1. The number of carbonyl (C=O) groups excluding carboxylic acids is 2. The van der Waals surface area contributed by atoms with E-state index in [-0.39, 0.29) is 24.0 Å². The first-order chi connectivity index (χ1) is 14.6. The molecule has 0 bridgehead atoms. The van der Waals surface area contributed by atoms with Gasteiger partial charge in [-0.3, -0.25) is 9.59 Å². The van der Waals surface area contributed by atoms with Crippen molar-refractivity contribution in [3.63, 3.8) is 0 Å². The van der Waals surface area contributed by atoms with Gasteiger partial charge >= 0.3 is 6.09 Å². The van der Waals surface area contributed by atoms with E-state index in [9.17, 15) is 14.4 Å². The van der Waals surface area contributed by atoms with Crippen LogP contribution in [0.5, 0.6) is 0 Å². The van der Waals surface area contributed by atoms with Gasteiger partial charge in [-0.15, -0.1) is 0 Å². The molecule has 1 saturated heterocycles. The fourth-order valence-corrected chi connectivity index (χ4v) is 3.60. The lowest BCUT2D eigenvalue weighted by Crippen LogP contribution is -2.51. The summed E-state index contributed by atoms with van der Waals surface area (Å²) in [5, 5.41) is 0. The van der Waals surface area contributed by atoms with E-state index in [1.54, 1.807) is 20.4 Å². The number of nitrogens with zero attached hydrogens (tertiary/aromatic N) is 3. The summed E-state index contributed by atoms with van der Waals surface area (Å²) in [5.74, 6) is -0.0161. The van der Waals surface area contributed by atoms with Crippen molar-refractivity contribution in [3.8, 4) is 11.1 Å². The average molecular weight is 426 g/mol. The van der Waals surface area contributed by atoms with Gasteiger partial charge in [0.1, 0.15) is 5.60 Å². The van der Waals surface area contributed by atoms with Gasteiger partial charge in [0.15, 0.2) is 0 Å². The molecule has 0 aliphatic carbocycles. The van der Waals surface area contributed by atoms with Crippen LogP contribution in [0.2, 0.25) is 0 Å². The third kappa shape index (κ3) is 5.96. The number of piperazine rings is 1. The lowest BCUT2D eigenvalue weighted by atomic mass is 10.0. The second kappa shape index (κ2) is 9.37. The van der Waals surface area contributed by atoms with Gasteiger partial charge in [-0.2, -0.15) is 0 Å². The lowest BCUT2D eigenvalue weighted by molar-refractivity contribution is -0.133. The fraction of sp³-hybridized carbons (Fsp3) is 0.458. The summed E-state index contributed by atoms with van der Waals surface area (Å²) in [4.78, 5) is 40.7. The molecule has 0 N–H and O–H groups in total. The Hall–Kier alpha value is -3.09. The Morgan fingerprint density at radius 2 is 1.61 bits per heavy atom. The van der Waals surface area contributed by atoms with Crippen LogP contribution in [0.15, 0.2) is 47.4 Å². The highest BCUT2D eigenvalue weighted by atomic mass is 16.6. The predicted octanol–water partition coefficient (Wildman–Crippen LogP) is 3.29. The monoisotopic (exact) mass is 425 g/mol. The lowest BCUT2D eigenvalue weighted by Gasteiger charge is -2.35. The molecule has 1 aliphatic heterocycles. The van der Waals surface area contributed by atoms with Crippen molar-refractivity contribution in [2.75, 3.05) is 26.2 Å². The first-order valence-corrected chi connectivity index (χ1v) is 10.7. The number of hydrogen-bond donors (Lipinski definition) is 0. The van der Waals surface area contributed by atoms with Crippen LogP contribution < -0.4 is 5.56 Å². The molecule has 7 heteroatoms. The van der Waals surface area contributed by atoms with E-state index < -0.39 is 5.60 Å². The van der Waals surface area contributed by atoms with E-state index in [1.807, 2.05) is 64.2 Å². The highest BCUT2D eigenvalue weighted by molar-refractivity contribution is 5.77. The van der Waals surface area contributed by atoms with Crippen LogP contribution in [0, 0.1) is 6.92 Å². The highest BCUT2D eigenvalue weighted by Gasteiger charge is 2.27. The van der Waals surface area contributed by atoms with Crippen molar-refractivity contribution >= 4 is 12.0 Å². The fourth-order valence-electron chi connectivity index (χ4n) is 3.60. The molecule has 2 amide bonds. The van der Waals surface area contributed by atoms with Gasteiger partial charge in [-0.1, -0.05) is 30.3 Å². The van der Waals surface area contributed by atoms with E-state index in [0.29, 0.717) is 32.7 Å². The summed E-state index contributed by atoms with van der Waals surface area (Å²) >= 11 is 0. The van der Waals surface area contributed by atoms with E-state index in [2.05, 4.69) is 0 Å². The molecule has 3 rings (SSSR count). The van der Waals surface area contributed by atoms with Gasteiger partial charge in [-0.25, -0.2) is 4.79 Å². The molecule has 2 heterocycles. The molecule has 0 unspecified atom stereocenters. The van der Waals surface area contributed by atoms with Gasteiger partial charge < -0.3 is 19.1 Å². The number of rotatable bonds is 4. The number of hydrogen-bond acceptors (Lipinski definition) is 4. The van der Waals surface area contributed by atoms with Crippen LogP contribution in [0.1, 0.15) is 32.8 Å². The van der Waals surface area contributed by atoms with E-state index in [1.165, 1.54) is 0 Å². The van der Waals surface area contributed by atoms with Gasteiger partial charge in [0.2, 0.25) is 5.91 Å². The molecule has 0 radical (unpaired) electrons. The van der Waals surface area contributed by atoms with Crippen molar-refractivity contribution < 1.29 is 14.3 Å². The first kappa shape index (κ1) is 22.6. The molecule has 7 nitrogen and oxygen atoms in total. The minimum absolute atomic E-state index is 0.0161. The maximum absolute atomic E-state index is 12.7. The Kier molecular flexibility index (Phi) is 6.83. The second-order valence-electron chi connectivity index (χ2n) is 8.87. The van der Waals surface area contributed by atoms with Gasteiger partial charge in [0.25, 0.3) is 5.56 Å². The molecule has 1 fully saturated rings. The van der Waals surface area contributed by atoms with Gasteiger partial charge in [0.05, 0.1) is 0 Å².